The molecule has 5 nitrogen and oxygen atoms in total. The van der Waals surface area contributed by atoms with Gasteiger partial charge in [0.25, 0.3) is 0 Å². The lowest BCUT2D eigenvalue weighted by molar-refractivity contribution is -0.123. The van der Waals surface area contributed by atoms with E-state index in [9.17, 15) is 20.1 Å². The first kappa shape index (κ1) is 10.8. The van der Waals surface area contributed by atoms with E-state index in [0.717, 1.165) is 0 Å². The highest BCUT2D eigenvalue weighted by atomic mass is 16.6. The van der Waals surface area contributed by atoms with Gasteiger partial charge in [0.05, 0.1) is 6.42 Å². The number of phenols is 2. The van der Waals surface area contributed by atoms with Crippen molar-refractivity contribution in [1.82, 2.24) is 0 Å². The van der Waals surface area contributed by atoms with E-state index < -0.39 is 11.6 Å². The molecular formula is C11H12O5. The highest BCUT2D eigenvalue weighted by Crippen LogP contribution is 2.42. The standard InChI is InChI=1S/C11H12O5/c1-5-6(12)3-8-9(10(5)14)7(13)4-11(2,15)16-8/h3,12,14-15H,4H2,1-2H3. The molecule has 2 rings (SSSR count). The first-order valence-electron chi connectivity index (χ1n) is 4.82. The molecule has 1 unspecified atom stereocenters. The van der Waals surface area contributed by atoms with E-state index in [1.54, 1.807) is 0 Å². The molecule has 3 N–H and O–H groups in total. The lowest BCUT2D eigenvalue weighted by atomic mass is 9.96. The fourth-order valence-corrected chi connectivity index (χ4v) is 1.74. The Hall–Kier alpha value is -1.75. The molecule has 0 aliphatic carbocycles. The van der Waals surface area contributed by atoms with E-state index >= 15 is 0 Å². The van der Waals surface area contributed by atoms with Crippen LogP contribution in [0.4, 0.5) is 0 Å². The zero-order valence-corrected chi connectivity index (χ0v) is 8.94. The van der Waals surface area contributed by atoms with Gasteiger partial charge in [-0.15, -0.1) is 0 Å². The van der Waals surface area contributed by atoms with Gasteiger partial charge in [0.2, 0.25) is 5.79 Å². The number of carbonyl (C=O) groups excluding carboxylic acids is 1. The van der Waals surface area contributed by atoms with Crippen molar-refractivity contribution in [1.29, 1.82) is 0 Å². The summed E-state index contributed by atoms with van der Waals surface area (Å²) in [5.41, 5.74) is 0.235. The monoisotopic (exact) mass is 224 g/mol. The second kappa shape index (κ2) is 3.12. The molecule has 0 amide bonds. The number of carbonyl (C=O) groups is 1. The van der Waals surface area contributed by atoms with Gasteiger partial charge in [0, 0.05) is 18.6 Å². The maximum atomic E-state index is 11.7. The Labute approximate surface area is 91.9 Å². The maximum absolute atomic E-state index is 11.7. The third kappa shape index (κ3) is 1.49. The Kier molecular flexibility index (Phi) is 2.10. The van der Waals surface area contributed by atoms with Gasteiger partial charge in [0.15, 0.2) is 5.78 Å². The molecule has 1 aromatic rings. The predicted molar refractivity (Wildman–Crippen MR) is 54.7 cm³/mol. The summed E-state index contributed by atoms with van der Waals surface area (Å²) < 4.78 is 5.12. The second-order valence-corrected chi connectivity index (χ2v) is 4.12. The van der Waals surface area contributed by atoms with Gasteiger partial charge >= 0.3 is 0 Å². The Morgan fingerprint density at radius 2 is 2.06 bits per heavy atom. The number of benzene rings is 1. The molecule has 0 fully saturated rings. The number of ketones is 1. The SMILES string of the molecule is Cc1c(O)cc2c(c1O)C(=O)CC(C)(O)O2. The van der Waals surface area contributed by atoms with Crippen molar-refractivity contribution in [2.75, 3.05) is 0 Å². The number of fused-ring (bicyclic) bond motifs is 1. The lowest BCUT2D eigenvalue weighted by Gasteiger charge is -2.30. The fourth-order valence-electron chi connectivity index (χ4n) is 1.74. The van der Waals surface area contributed by atoms with Crippen LogP contribution in [0.15, 0.2) is 6.07 Å². The minimum atomic E-state index is -1.60. The summed E-state index contributed by atoms with van der Waals surface area (Å²) in [6.07, 6.45) is -0.224. The molecule has 0 saturated heterocycles. The van der Waals surface area contributed by atoms with Crippen molar-refractivity contribution >= 4 is 5.78 Å². The number of rotatable bonds is 0. The largest absolute Gasteiger partial charge is 0.507 e. The number of hydrogen-bond acceptors (Lipinski definition) is 5. The first-order valence-corrected chi connectivity index (χ1v) is 4.82. The topological polar surface area (TPSA) is 87.0 Å². The van der Waals surface area contributed by atoms with Crippen LogP contribution in [0, 0.1) is 6.92 Å². The van der Waals surface area contributed by atoms with Crippen LogP contribution in [-0.2, 0) is 0 Å². The summed E-state index contributed by atoms with van der Waals surface area (Å²) in [5, 5.41) is 28.8. The van der Waals surface area contributed by atoms with Gasteiger partial charge in [0.1, 0.15) is 22.8 Å². The summed E-state index contributed by atoms with van der Waals surface area (Å²) in [6.45, 7) is 2.84. The number of hydrogen-bond donors (Lipinski definition) is 3. The van der Waals surface area contributed by atoms with Gasteiger partial charge in [-0.2, -0.15) is 0 Å². The highest BCUT2D eigenvalue weighted by molar-refractivity contribution is 6.03. The van der Waals surface area contributed by atoms with Crippen LogP contribution in [0.1, 0.15) is 29.3 Å². The van der Waals surface area contributed by atoms with Crippen LogP contribution in [0.2, 0.25) is 0 Å². The Morgan fingerprint density at radius 3 is 2.69 bits per heavy atom. The van der Waals surface area contributed by atoms with Gasteiger partial charge in [-0.3, -0.25) is 4.79 Å². The molecule has 1 aromatic carbocycles. The third-order valence-electron chi connectivity index (χ3n) is 2.59. The molecule has 1 atom stereocenters. The number of aliphatic hydroxyl groups is 1. The minimum Gasteiger partial charge on any atom is -0.507 e. The van der Waals surface area contributed by atoms with E-state index in [1.165, 1.54) is 19.9 Å². The van der Waals surface area contributed by atoms with Gasteiger partial charge in [-0.05, 0) is 6.92 Å². The maximum Gasteiger partial charge on any atom is 0.212 e. The molecule has 0 radical (unpaired) electrons. The average molecular weight is 224 g/mol. The normalized spacial score (nSPS) is 23.8. The Balaban J connectivity index is 2.66. The third-order valence-corrected chi connectivity index (χ3v) is 2.59. The van der Waals surface area contributed by atoms with E-state index in [2.05, 4.69) is 0 Å². The zero-order chi connectivity index (χ0) is 12.1. The number of Topliss-reactive ketones (excluding diaryl/α,β-unsaturated/α-hetero) is 1. The molecular weight excluding hydrogens is 212 g/mol. The number of aromatic hydroxyl groups is 2. The molecule has 5 heteroatoms. The molecule has 0 spiro atoms. The van der Waals surface area contributed by atoms with E-state index in [4.69, 9.17) is 4.74 Å². The molecule has 0 aromatic heterocycles. The smallest absolute Gasteiger partial charge is 0.212 e. The Bertz CT molecular complexity index is 476. The van der Waals surface area contributed by atoms with Crippen LogP contribution in [0.3, 0.4) is 0 Å². The molecule has 16 heavy (non-hydrogen) atoms. The second-order valence-electron chi connectivity index (χ2n) is 4.12. The Morgan fingerprint density at radius 1 is 1.44 bits per heavy atom. The molecule has 1 heterocycles. The van der Waals surface area contributed by atoms with Crippen LogP contribution >= 0.6 is 0 Å². The molecule has 0 saturated carbocycles. The highest BCUT2D eigenvalue weighted by Gasteiger charge is 2.37. The summed E-state index contributed by atoms with van der Waals surface area (Å²) in [7, 11) is 0. The quantitative estimate of drug-likeness (QED) is 0.613. The lowest BCUT2D eigenvalue weighted by Crippen LogP contribution is -2.38. The summed E-state index contributed by atoms with van der Waals surface area (Å²) in [6, 6.07) is 1.22. The molecule has 1 aliphatic heterocycles. The van der Waals surface area contributed by atoms with E-state index in [-0.39, 0.29) is 34.8 Å². The van der Waals surface area contributed by atoms with Crippen LogP contribution in [0.5, 0.6) is 17.2 Å². The summed E-state index contributed by atoms with van der Waals surface area (Å²) >= 11 is 0. The predicted octanol–water partition coefficient (Wildman–Crippen LogP) is 1.08. The average Bonchev–Trinajstić information content (AvgIpc) is 2.11. The van der Waals surface area contributed by atoms with E-state index in [1.807, 2.05) is 0 Å². The molecule has 0 bridgehead atoms. The fraction of sp³-hybridized carbons (Fsp3) is 0.364. The van der Waals surface area contributed by atoms with Crippen LogP contribution in [-0.4, -0.2) is 26.9 Å². The van der Waals surface area contributed by atoms with Crippen molar-refractivity contribution in [2.45, 2.75) is 26.1 Å². The number of ether oxygens (including phenoxy) is 1. The number of phenolic OH excluding ortho intramolecular Hbond substituents is 2. The summed E-state index contributed by atoms with van der Waals surface area (Å²) in [4.78, 5) is 11.7. The van der Waals surface area contributed by atoms with Crippen molar-refractivity contribution in [3.8, 4) is 17.2 Å². The van der Waals surface area contributed by atoms with Crippen molar-refractivity contribution < 1.29 is 24.9 Å². The minimum absolute atomic E-state index is 0.00171. The van der Waals surface area contributed by atoms with Crippen LogP contribution < -0.4 is 4.74 Å². The van der Waals surface area contributed by atoms with Gasteiger partial charge in [-0.25, -0.2) is 0 Å². The first-order chi connectivity index (χ1) is 7.32. The van der Waals surface area contributed by atoms with Crippen molar-refractivity contribution in [2.24, 2.45) is 0 Å². The van der Waals surface area contributed by atoms with Crippen molar-refractivity contribution in [3.63, 3.8) is 0 Å². The van der Waals surface area contributed by atoms with Crippen molar-refractivity contribution in [3.05, 3.63) is 17.2 Å². The van der Waals surface area contributed by atoms with Crippen LogP contribution in [0.25, 0.3) is 0 Å². The zero-order valence-electron chi connectivity index (χ0n) is 8.94. The van der Waals surface area contributed by atoms with E-state index in [0.29, 0.717) is 0 Å². The molecule has 86 valence electrons. The summed E-state index contributed by atoms with van der Waals surface area (Å²) in [5.74, 6) is -2.48. The van der Waals surface area contributed by atoms with Gasteiger partial charge in [-0.1, -0.05) is 0 Å². The van der Waals surface area contributed by atoms with Gasteiger partial charge < -0.3 is 20.1 Å². The molecule has 1 aliphatic rings.